The summed E-state index contributed by atoms with van der Waals surface area (Å²) < 4.78 is 26.1. The van der Waals surface area contributed by atoms with E-state index in [1.165, 1.54) is 16.7 Å². The van der Waals surface area contributed by atoms with Gasteiger partial charge in [-0.3, -0.25) is 14.4 Å². The largest absolute Gasteiger partial charge is 0.348 e. The molecule has 2 aliphatic carbocycles. The van der Waals surface area contributed by atoms with Crippen LogP contribution in [0, 0.1) is 0 Å². The van der Waals surface area contributed by atoms with Crippen molar-refractivity contribution < 1.29 is 18.0 Å². The zero-order valence-corrected chi connectivity index (χ0v) is 19.5. The molecule has 0 atom stereocenters. The maximum atomic E-state index is 13.1. The van der Waals surface area contributed by atoms with Crippen molar-refractivity contribution in [3.8, 4) is 0 Å². The van der Waals surface area contributed by atoms with Crippen LogP contribution in [0.5, 0.6) is 0 Å². The number of nitrogens with zero attached hydrogens (tertiary/aromatic N) is 2. The predicted octanol–water partition coefficient (Wildman–Crippen LogP) is 2.00. The second-order valence-electron chi connectivity index (χ2n) is 9.05. The molecule has 1 aromatic heterocycles. The molecular formula is C23H24ClN3O5S. The first-order valence-corrected chi connectivity index (χ1v) is 12.9. The van der Waals surface area contributed by atoms with Crippen molar-refractivity contribution in [3.05, 3.63) is 68.6 Å². The molecule has 0 spiro atoms. The van der Waals surface area contributed by atoms with Gasteiger partial charge in [0, 0.05) is 31.2 Å². The van der Waals surface area contributed by atoms with Crippen LogP contribution in [0.1, 0.15) is 52.1 Å². The fourth-order valence-electron chi connectivity index (χ4n) is 4.43. The van der Waals surface area contributed by atoms with Crippen LogP contribution >= 0.6 is 11.6 Å². The van der Waals surface area contributed by atoms with E-state index in [0.29, 0.717) is 30.7 Å². The molecule has 10 heteroatoms. The molecule has 2 aromatic rings. The summed E-state index contributed by atoms with van der Waals surface area (Å²) in [5.74, 6) is -0.892. The quantitative estimate of drug-likeness (QED) is 0.640. The van der Waals surface area contributed by atoms with Gasteiger partial charge in [0.05, 0.1) is 10.00 Å². The highest BCUT2D eigenvalue weighted by Crippen LogP contribution is 2.50. The first kappa shape index (κ1) is 22.2. The van der Waals surface area contributed by atoms with Crippen LogP contribution in [0.25, 0.3) is 0 Å². The number of hydrogen-bond acceptors (Lipinski definition) is 5. The Kier molecular flexibility index (Phi) is 5.36. The minimum absolute atomic E-state index is 0.0380. The molecule has 0 unspecified atom stereocenters. The highest BCUT2D eigenvalue weighted by Gasteiger charge is 2.60. The number of aromatic nitrogens is 1. The fraction of sp³-hybridized carbons (Fsp3) is 0.435. The number of amides is 2. The van der Waals surface area contributed by atoms with E-state index in [1.807, 2.05) is 0 Å². The minimum Gasteiger partial charge on any atom is -0.348 e. The Bertz CT molecular complexity index is 1290. The van der Waals surface area contributed by atoms with E-state index in [2.05, 4.69) is 5.32 Å². The maximum absolute atomic E-state index is 13.1. The van der Waals surface area contributed by atoms with Gasteiger partial charge in [0.1, 0.15) is 11.3 Å². The first-order valence-electron chi connectivity index (χ1n) is 11.0. The molecule has 33 heavy (non-hydrogen) atoms. The third-order valence-corrected chi connectivity index (χ3v) is 10.1. The van der Waals surface area contributed by atoms with Crippen LogP contribution in [-0.4, -0.2) is 52.8 Å². The number of pyridine rings is 1. The predicted molar refractivity (Wildman–Crippen MR) is 123 cm³/mol. The van der Waals surface area contributed by atoms with E-state index in [0.717, 1.165) is 5.56 Å². The SMILES string of the molecule is O=C(NCc1ccc(Cl)cc1)c1ccc2n(c1=O)CCN(CC1(S(=O)(=O)C3CC3)CC1)C2=O. The minimum atomic E-state index is -3.23. The molecule has 1 N–H and O–H groups in total. The molecule has 1 aliphatic heterocycles. The van der Waals surface area contributed by atoms with E-state index in [9.17, 15) is 22.8 Å². The Labute approximate surface area is 196 Å². The highest BCUT2D eigenvalue weighted by atomic mass is 35.5. The zero-order chi connectivity index (χ0) is 23.4. The van der Waals surface area contributed by atoms with Gasteiger partial charge >= 0.3 is 0 Å². The third kappa shape index (κ3) is 3.97. The van der Waals surface area contributed by atoms with Crippen molar-refractivity contribution in [1.82, 2.24) is 14.8 Å². The van der Waals surface area contributed by atoms with Crippen LogP contribution in [0.2, 0.25) is 5.02 Å². The van der Waals surface area contributed by atoms with Gasteiger partial charge in [-0.1, -0.05) is 23.7 Å². The Hall–Kier alpha value is -2.65. The topological polar surface area (TPSA) is 106 Å². The molecule has 1 aromatic carbocycles. The number of benzene rings is 1. The maximum Gasteiger partial charge on any atom is 0.270 e. The van der Waals surface area contributed by atoms with Gasteiger partial charge in [0.25, 0.3) is 17.4 Å². The van der Waals surface area contributed by atoms with Crippen molar-refractivity contribution in [2.45, 2.75) is 48.8 Å². The fourth-order valence-corrected chi connectivity index (χ4v) is 7.02. The summed E-state index contributed by atoms with van der Waals surface area (Å²) in [6.45, 7) is 0.866. The Morgan fingerprint density at radius 1 is 1.06 bits per heavy atom. The lowest BCUT2D eigenvalue weighted by atomic mass is 10.1. The van der Waals surface area contributed by atoms with Gasteiger partial charge in [0.2, 0.25) is 0 Å². The number of sulfone groups is 1. The number of carbonyl (C=O) groups is 2. The molecule has 3 aliphatic rings. The molecule has 0 radical (unpaired) electrons. The third-order valence-electron chi connectivity index (χ3n) is 6.74. The van der Waals surface area contributed by atoms with E-state index in [-0.39, 0.29) is 48.6 Å². The molecule has 0 bridgehead atoms. The Balaban J connectivity index is 1.31. The summed E-state index contributed by atoms with van der Waals surface area (Å²) >= 11 is 5.87. The Morgan fingerprint density at radius 2 is 1.76 bits per heavy atom. The van der Waals surface area contributed by atoms with Crippen LogP contribution in [0.4, 0.5) is 0 Å². The molecule has 2 heterocycles. The lowest BCUT2D eigenvalue weighted by Gasteiger charge is -2.32. The molecule has 2 fully saturated rings. The van der Waals surface area contributed by atoms with Crippen LogP contribution < -0.4 is 10.9 Å². The second kappa shape index (κ2) is 7.99. The molecule has 174 valence electrons. The summed E-state index contributed by atoms with van der Waals surface area (Å²) in [5.41, 5.74) is 0.455. The lowest BCUT2D eigenvalue weighted by Crippen LogP contribution is -2.50. The summed E-state index contributed by atoms with van der Waals surface area (Å²) in [6.07, 6.45) is 2.57. The van der Waals surface area contributed by atoms with E-state index in [4.69, 9.17) is 11.6 Å². The average molecular weight is 490 g/mol. The van der Waals surface area contributed by atoms with Crippen molar-refractivity contribution in [2.75, 3.05) is 13.1 Å². The standard InChI is InChI=1S/C23H24ClN3O5S/c24-16-3-1-15(2-4-16)13-25-20(28)18-7-8-19-22(30)26(11-12-27(19)21(18)29)14-23(9-10-23)33(31,32)17-5-6-17/h1-4,7-8,17H,5-6,9-14H2,(H,25,28). The normalized spacial score (nSPS) is 19.2. The summed E-state index contributed by atoms with van der Waals surface area (Å²) in [6, 6.07) is 9.84. The van der Waals surface area contributed by atoms with Gasteiger partial charge < -0.3 is 14.8 Å². The van der Waals surface area contributed by atoms with Gasteiger partial charge in [-0.25, -0.2) is 8.42 Å². The van der Waals surface area contributed by atoms with Gasteiger partial charge in [0.15, 0.2) is 9.84 Å². The van der Waals surface area contributed by atoms with Crippen molar-refractivity contribution >= 4 is 33.3 Å². The number of fused-ring (bicyclic) bond motifs is 1. The number of nitrogens with one attached hydrogen (secondary N) is 1. The van der Waals surface area contributed by atoms with Crippen LogP contribution in [0.15, 0.2) is 41.2 Å². The summed E-state index contributed by atoms with van der Waals surface area (Å²) in [7, 11) is -3.23. The van der Waals surface area contributed by atoms with E-state index < -0.39 is 26.1 Å². The zero-order valence-electron chi connectivity index (χ0n) is 17.9. The molecule has 2 amide bonds. The monoisotopic (exact) mass is 489 g/mol. The molecule has 2 saturated carbocycles. The summed E-state index contributed by atoms with van der Waals surface area (Å²) in [5, 5.41) is 3.05. The molecule has 5 rings (SSSR count). The Morgan fingerprint density at radius 3 is 2.39 bits per heavy atom. The molecule has 0 saturated heterocycles. The van der Waals surface area contributed by atoms with Gasteiger partial charge in [-0.05, 0) is 55.5 Å². The second-order valence-corrected chi connectivity index (χ2v) is 12.1. The van der Waals surface area contributed by atoms with Crippen LogP contribution in [-0.2, 0) is 22.9 Å². The smallest absolute Gasteiger partial charge is 0.270 e. The number of carbonyl (C=O) groups excluding carboxylic acids is 2. The lowest BCUT2D eigenvalue weighted by molar-refractivity contribution is 0.0695. The van der Waals surface area contributed by atoms with E-state index >= 15 is 0 Å². The molecular weight excluding hydrogens is 466 g/mol. The summed E-state index contributed by atoms with van der Waals surface area (Å²) in [4.78, 5) is 40.1. The van der Waals surface area contributed by atoms with Gasteiger partial charge in [-0.2, -0.15) is 0 Å². The number of halogens is 1. The highest BCUT2D eigenvalue weighted by molar-refractivity contribution is 7.94. The molecule has 8 nitrogen and oxygen atoms in total. The first-order chi connectivity index (χ1) is 15.7. The average Bonchev–Trinajstić information content (AvgIpc) is 3.69. The van der Waals surface area contributed by atoms with Crippen molar-refractivity contribution in [1.29, 1.82) is 0 Å². The number of rotatable bonds is 7. The van der Waals surface area contributed by atoms with Crippen LogP contribution in [0.3, 0.4) is 0 Å². The van der Waals surface area contributed by atoms with Gasteiger partial charge in [-0.15, -0.1) is 0 Å². The van der Waals surface area contributed by atoms with E-state index in [1.54, 1.807) is 29.2 Å². The van der Waals surface area contributed by atoms with Crippen molar-refractivity contribution in [2.24, 2.45) is 0 Å². The number of hydrogen-bond donors (Lipinski definition) is 1. The van der Waals surface area contributed by atoms with Crippen molar-refractivity contribution in [3.63, 3.8) is 0 Å².